The fraction of sp³-hybridized carbons (Fsp3) is 0.889. The van der Waals surface area contributed by atoms with Crippen LogP contribution in [-0.4, -0.2) is 35.3 Å². The van der Waals surface area contributed by atoms with E-state index in [0.29, 0.717) is 12.5 Å². The maximum absolute atomic E-state index is 10.7. The van der Waals surface area contributed by atoms with Gasteiger partial charge in [-0.25, -0.2) is 5.06 Å². The van der Waals surface area contributed by atoms with Crippen LogP contribution in [0.3, 0.4) is 0 Å². The van der Waals surface area contributed by atoms with Crippen molar-refractivity contribution in [1.29, 1.82) is 0 Å². The van der Waals surface area contributed by atoms with Crippen LogP contribution in [0.15, 0.2) is 0 Å². The van der Waals surface area contributed by atoms with E-state index >= 15 is 0 Å². The minimum absolute atomic E-state index is 0.248. The average Bonchev–Trinajstić information content (AvgIpc) is 2.04. The van der Waals surface area contributed by atoms with Crippen molar-refractivity contribution in [1.82, 2.24) is 10.4 Å². The van der Waals surface area contributed by atoms with Gasteiger partial charge in [-0.05, 0) is 25.3 Å². The lowest BCUT2D eigenvalue weighted by molar-refractivity contribution is -0.164. The van der Waals surface area contributed by atoms with E-state index in [-0.39, 0.29) is 11.9 Å². The van der Waals surface area contributed by atoms with Crippen LogP contribution >= 0.6 is 0 Å². The molecule has 0 bridgehead atoms. The minimum atomic E-state index is -0.292. The molecule has 1 saturated heterocycles. The molecule has 13 heavy (non-hydrogen) atoms. The Morgan fingerprint density at radius 2 is 2.38 bits per heavy atom. The van der Waals surface area contributed by atoms with E-state index in [1.54, 1.807) is 0 Å². The largest absolute Gasteiger partial charge is 0.312 e. The summed E-state index contributed by atoms with van der Waals surface area (Å²) < 4.78 is 0. The van der Waals surface area contributed by atoms with E-state index in [9.17, 15) is 10.0 Å². The molecule has 1 unspecified atom stereocenters. The standard InChI is InChI=1S/C9H18N2O2/c1-7-3-4-10-9(5-7)6-11(13)8(2)12/h7,9-10,13H,3-6H2,1-2H3/t7?,9-/m1/s1. The second kappa shape index (κ2) is 4.58. The van der Waals surface area contributed by atoms with Crippen LogP contribution in [0.2, 0.25) is 0 Å². The SMILES string of the molecule is CC(=O)N(O)C[C@H]1CC(C)CCN1. The molecule has 4 nitrogen and oxygen atoms in total. The van der Waals surface area contributed by atoms with Gasteiger partial charge in [0, 0.05) is 13.0 Å². The summed E-state index contributed by atoms with van der Waals surface area (Å²) >= 11 is 0. The van der Waals surface area contributed by atoms with Crippen LogP contribution in [0.25, 0.3) is 0 Å². The van der Waals surface area contributed by atoms with Gasteiger partial charge in [-0.2, -0.15) is 0 Å². The van der Waals surface area contributed by atoms with E-state index in [1.807, 2.05) is 0 Å². The summed E-state index contributed by atoms with van der Waals surface area (Å²) in [6.45, 7) is 4.95. The molecular formula is C9H18N2O2. The number of rotatable bonds is 2. The Kier molecular flexibility index (Phi) is 3.69. The summed E-state index contributed by atoms with van der Waals surface area (Å²) in [4.78, 5) is 10.7. The first-order chi connectivity index (χ1) is 6.09. The van der Waals surface area contributed by atoms with E-state index in [4.69, 9.17) is 0 Å². The van der Waals surface area contributed by atoms with Crippen LogP contribution in [0.1, 0.15) is 26.7 Å². The molecule has 76 valence electrons. The van der Waals surface area contributed by atoms with Gasteiger partial charge >= 0.3 is 0 Å². The molecule has 1 rings (SSSR count). The molecule has 0 aromatic heterocycles. The molecule has 1 aliphatic rings. The Hall–Kier alpha value is -0.610. The lowest BCUT2D eigenvalue weighted by Crippen LogP contribution is -2.45. The first kappa shape index (κ1) is 10.5. The molecule has 2 atom stereocenters. The van der Waals surface area contributed by atoms with E-state index in [1.165, 1.54) is 13.3 Å². The molecule has 1 heterocycles. The van der Waals surface area contributed by atoms with Gasteiger partial charge in [0.1, 0.15) is 0 Å². The molecule has 0 aromatic carbocycles. The number of hydrogen-bond donors (Lipinski definition) is 2. The maximum atomic E-state index is 10.7. The molecule has 0 radical (unpaired) electrons. The first-order valence-electron chi connectivity index (χ1n) is 4.80. The number of hydrogen-bond acceptors (Lipinski definition) is 3. The molecule has 0 aromatic rings. The predicted molar refractivity (Wildman–Crippen MR) is 49.4 cm³/mol. The highest BCUT2D eigenvalue weighted by atomic mass is 16.5. The summed E-state index contributed by atoms with van der Waals surface area (Å²) in [5, 5.41) is 13.3. The zero-order valence-electron chi connectivity index (χ0n) is 8.29. The molecule has 0 saturated carbocycles. The molecule has 0 spiro atoms. The number of carbonyl (C=O) groups excluding carboxylic acids is 1. The van der Waals surface area contributed by atoms with Gasteiger partial charge < -0.3 is 5.32 Å². The summed E-state index contributed by atoms with van der Waals surface area (Å²) in [7, 11) is 0. The topological polar surface area (TPSA) is 52.6 Å². The Morgan fingerprint density at radius 3 is 2.92 bits per heavy atom. The highest BCUT2D eigenvalue weighted by molar-refractivity contribution is 5.71. The minimum Gasteiger partial charge on any atom is -0.312 e. The zero-order valence-corrected chi connectivity index (χ0v) is 8.29. The van der Waals surface area contributed by atoms with Gasteiger partial charge in [0.05, 0.1) is 6.54 Å². The molecule has 1 aliphatic heterocycles. The van der Waals surface area contributed by atoms with E-state index < -0.39 is 0 Å². The monoisotopic (exact) mass is 186 g/mol. The van der Waals surface area contributed by atoms with Crippen LogP contribution in [0.4, 0.5) is 0 Å². The molecule has 2 N–H and O–H groups in total. The van der Waals surface area contributed by atoms with Crippen molar-refractivity contribution in [2.75, 3.05) is 13.1 Å². The normalized spacial score (nSPS) is 28.5. The first-order valence-corrected chi connectivity index (χ1v) is 4.80. The summed E-state index contributed by atoms with van der Waals surface area (Å²) in [6.07, 6.45) is 2.21. The quantitative estimate of drug-likeness (QED) is 0.491. The van der Waals surface area contributed by atoms with Gasteiger partial charge in [-0.3, -0.25) is 10.0 Å². The van der Waals surface area contributed by atoms with Crippen molar-refractivity contribution < 1.29 is 10.0 Å². The Balaban J connectivity index is 2.31. The van der Waals surface area contributed by atoms with Crippen LogP contribution in [0, 0.1) is 5.92 Å². The van der Waals surface area contributed by atoms with E-state index in [0.717, 1.165) is 18.0 Å². The van der Waals surface area contributed by atoms with Crippen molar-refractivity contribution >= 4 is 5.91 Å². The third-order valence-electron chi connectivity index (χ3n) is 2.51. The fourth-order valence-electron chi connectivity index (χ4n) is 1.70. The van der Waals surface area contributed by atoms with Gasteiger partial charge in [-0.1, -0.05) is 6.92 Å². The number of piperidine rings is 1. The zero-order chi connectivity index (χ0) is 9.84. The van der Waals surface area contributed by atoms with Gasteiger partial charge in [-0.15, -0.1) is 0 Å². The second-order valence-corrected chi connectivity index (χ2v) is 3.88. The number of nitrogens with one attached hydrogen (secondary N) is 1. The van der Waals surface area contributed by atoms with Crippen molar-refractivity contribution in [2.24, 2.45) is 5.92 Å². The fourth-order valence-corrected chi connectivity index (χ4v) is 1.70. The number of amides is 1. The van der Waals surface area contributed by atoms with Crippen molar-refractivity contribution in [3.05, 3.63) is 0 Å². The molecule has 1 amide bonds. The van der Waals surface area contributed by atoms with Gasteiger partial charge in [0.15, 0.2) is 0 Å². The third kappa shape index (κ3) is 3.32. The second-order valence-electron chi connectivity index (χ2n) is 3.88. The van der Waals surface area contributed by atoms with Crippen LogP contribution in [-0.2, 0) is 4.79 Å². The number of carbonyl (C=O) groups is 1. The summed E-state index contributed by atoms with van der Waals surface area (Å²) in [5.41, 5.74) is 0. The van der Waals surface area contributed by atoms with Crippen LogP contribution in [0.5, 0.6) is 0 Å². The van der Waals surface area contributed by atoms with Crippen molar-refractivity contribution in [3.8, 4) is 0 Å². The lowest BCUT2D eigenvalue weighted by Gasteiger charge is -2.30. The van der Waals surface area contributed by atoms with Crippen LogP contribution < -0.4 is 5.32 Å². The maximum Gasteiger partial charge on any atom is 0.242 e. The Labute approximate surface area is 78.9 Å². The summed E-state index contributed by atoms with van der Waals surface area (Å²) in [6, 6.07) is 0.248. The van der Waals surface area contributed by atoms with Crippen molar-refractivity contribution in [3.63, 3.8) is 0 Å². The molecule has 0 aliphatic carbocycles. The lowest BCUT2D eigenvalue weighted by atomic mass is 9.94. The summed E-state index contributed by atoms with van der Waals surface area (Å²) in [5.74, 6) is 0.395. The van der Waals surface area contributed by atoms with Gasteiger partial charge in [0.2, 0.25) is 5.91 Å². The highest BCUT2D eigenvalue weighted by Crippen LogP contribution is 2.15. The third-order valence-corrected chi connectivity index (χ3v) is 2.51. The van der Waals surface area contributed by atoms with E-state index in [2.05, 4.69) is 12.2 Å². The Morgan fingerprint density at radius 1 is 1.69 bits per heavy atom. The van der Waals surface area contributed by atoms with Crippen molar-refractivity contribution in [2.45, 2.75) is 32.7 Å². The molecule has 1 fully saturated rings. The highest BCUT2D eigenvalue weighted by Gasteiger charge is 2.20. The van der Waals surface area contributed by atoms with Gasteiger partial charge in [0.25, 0.3) is 0 Å². The Bertz CT molecular complexity index is 184. The average molecular weight is 186 g/mol. The predicted octanol–water partition coefficient (Wildman–Crippen LogP) is 0.612. The smallest absolute Gasteiger partial charge is 0.242 e. The number of nitrogens with zero attached hydrogens (tertiary/aromatic N) is 1. The molecular weight excluding hydrogens is 168 g/mol. The molecule has 4 heteroatoms. The number of hydroxylamine groups is 2.